The summed E-state index contributed by atoms with van der Waals surface area (Å²) in [7, 11) is 0. The van der Waals surface area contributed by atoms with Crippen LogP contribution >= 0.6 is 11.8 Å². The molecule has 156 valence electrons. The minimum Gasteiger partial charge on any atom is -0.392 e. The summed E-state index contributed by atoms with van der Waals surface area (Å²) >= 11 is 0.656. The zero-order chi connectivity index (χ0) is 21.5. The second-order valence-corrected chi connectivity index (χ2v) is 7.96. The van der Waals surface area contributed by atoms with E-state index in [9.17, 15) is 23.6 Å². The van der Waals surface area contributed by atoms with Gasteiger partial charge >= 0.3 is 11.9 Å². The normalized spacial score (nSPS) is 16.6. The molecule has 0 spiro atoms. The molecule has 1 heterocycles. The predicted molar refractivity (Wildman–Crippen MR) is 110 cm³/mol. The van der Waals surface area contributed by atoms with Gasteiger partial charge in [-0.05, 0) is 31.5 Å². The lowest BCUT2D eigenvalue weighted by Crippen LogP contribution is -2.35. The minimum absolute atomic E-state index is 0.0324. The van der Waals surface area contributed by atoms with Crippen LogP contribution in [-0.4, -0.2) is 40.7 Å². The third-order valence-electron chi connectivity index (χ3n) is 4.57. The number of esters is 2. The number of ether oxygens (including phenoxy) is 1. The van der Waals surface area contributed by atoms with E-state index in [1.165, 1.54) is 18.2 Å². The maximum atomic E-state index is 13.6. The molecule has 1 aliphatic rings. The van der Waals surface area contributed by atoms with Crippen LogP contribution in [0.15, 0.2) is 54.6 Å². The third kappa shape index (κ3) is 5.84. The Hall–Kier alpha value is -2.84. The van der Waals surface area contributed by atoms with E-state index < -0.39 is 46.4 Å². The highest BCUT2D eigenvalue weighted by atomic mass is 32.2. The lowest BCUT2D eigenvalue weighted by atomic mass is 10.1. The predicted octanol–water partition coefficient (Wildman–Crippen LogP) is 3.16. The van der Waals surface area contributed by atoms with Gasteiger partial charge in [-0.3, -0.25) is 14.4 Å². The van der Waals surface area contributed by atoms with Crippen LogP contribution in [-0.2, 0) is 14.3 Å². The van der Waals surface area contributed by atoms with Gasteiger partial charge in [-0.25, -0.2) is 9.18 Å². The van der Waals surface area contributed by atoms with E-state index in [0.29, 0.717) is 30.3 Å². The highest BCUT2D eigenvalue weighted by Gasteiger charge is 2.31. The molecule has 1 saturated heterocycles. The van der Waals surface area contributed by atoms with Crippen LogP contribution in [0.3, 0.4) is 0 Å². The largest absolute Gasteiger partial charge is 0.392 e. The van der Waals surface area contributed by atoms with Crippen LogP contribution in [0.5, 0.6) is 0 Å². The molecule has 0 aromatic heterocycles. The highest BCUT2D eigenvalue weighted by molar-refractivity contribution is 8.15. The number of ketones is 1. The van der Waals surface area contributed by atoms with Crippen LogP contribution in [0, 0.1) is 5.82 Å². The molecule has 0 radical (unpaired) electrons. The van der Waals surface area contributed by atoms with Crippen molar-refractivity contribution in [2.45, 2.75) is 30.6 Å². The summed E-state index contributed by atoms with van der Waals surface area (Å²) < 4.78 is 18.4. The van der Waals surface area contributed by atoms with Gasteiger partial charge in [0.15, 0.2) is 5.78 Å². The number of carbonyl (C=O) groups excluding carboxylic acids is 4. The van der Waals surface area contributed by atoms with Crippen molar-refractivity contribution >= 4 is 34.6 Å². The van der Waals surface area contributed by atoms with Crippen molar-refractivity contribution in [1.29, 1.82) is 0 Å². The molecule has 1 N–H and O–H groups in total. The quantitative estimate of drug-likeness (QED) is 0.411. The number of hydrogen-bond donors (Lipinski definition) is 1. The molecule has 1 unspecified atom stereocenters. The fourth-order valence-corrected chi connectivity index (χ4v) is 4.04. The first kappa shape index (κ1) is 21.9. The van der Waals surface area contributed by atoms with Crippen molar-refractivity contribution in [3.8, 4) is 0 Å². The maximum absolute atomic E-state index is 13.6. The van der Waals surface area contributed by atoms with E-state index in [4.69, 9.17) is 4.74 Å². The van der Waals surface area contributed by atoms with Crippen molar-refractivity contribution in [3.05, 3.63) is 71.5 Å². The number of carbonyl (C=O) groups is 4. The van der Waals surface area contributed by atoms with Crippen molar-refractivity contribution in [2.75, 3.05) is 6.54 Å². The lowest BCUT2D eigenvalue weighted by Gasteiger charge is -2.15. The molecule has 2 aromatic carbocycles. The van der Waals surface area contributed by atoms with E-state index in [1.54, 1.807) is 30.3 Å². The molecular weight excluding hydrogens is 409 g/mol. The molecule has 0 amide bonds. The highest BCUT2D eigenvalue weighted by Crippen LogP contribution is 2.25. The van der Waals surface area contributed by atoms with E-state index in [0.717, 1.165) is 12.5 Å². The van der Waals surface area contributed by atoms with Crippen molar-refractivity contribution in [2.24, 2.45) is 0 Å². The zero-order valence-electron chi connectivity index (χ0n) is 16.0. The molecule has 8 heteroatoms. The van der Waals surface area contributed by atoms with Gasteiger partial charge in [0, 0.05) is 11.1 Å². The molecule has 6 nitrogen and oxygen atoms in total. The topological polar surface area (TPSA) is 89.5 Å². The van der Waals surface area contributed by atoms with Crippen LogP contribution in [0.25, 0.3) is 0 Å². The summed E-state index contributed by atoms with van der Waals surface area (Å²) in [4.78, 5) is 49.8. The Balaban J connectivity index is 1.74. The van der Waals surface area contributed by atoms with Gasteiger partial charge in [0.25, 0.3) is 0 Å². The average Bonchev–Trinajstić information content (AvgIpc) is 3.28. The molecule has 0 saturated carbocycles. The second kappa shape index (κ2) is 10.3. The number of nitrogens with one attached hydrogen (secondary N) is 1. The van der Waals surface area contributed by atoms with Crippen molar-refractivity contribution < 1.29 is 28.3 Å². The third-order valence-corrected chi connectivity index (χ3v) is 5.69. The second-order valence-electron chi connectivity index (χ2n) is 6.78. The fourth-order valence-electron chi connectivity index (χ4n) is 3.05. The van der Waals surface area contributed by atoms with Gasteiger partial charge in [-0.2, -0.15) is 0 Å². The summed E-state index contributed by atoms with van der Waals surface area (Å²) in [5.74, 6) is -2.80. The SMILES string of the molecule is O=C(CC(SC(=O)c1ccccc1)C(=O)c1cccc(F)c1)OC(=O)[C@@H]1CCCN1. The Labute approximate surface area is 177 Å². The number of Topliss-reactive ketones (excluding diaryl/α,β-unsaturated/α-hetero) is 1. The van der Waals surface area contributed by atoms with Crippen molar-refractivity contribution in [3.63, 3.8) is 0 Å². The summed E-state index contributed by atoms with van der Waals surface area (Å²) in [6, 6.07) is 12.7. The van der Waals surface area contributed by atoms with Gasteiger partial charge in [0.2, 0.25) is 5.12 Å². The minimum atomic E-state index is -1.16. The standard InChI is InChI=1S/C22H20FNO5S/c23-16-9-4-8-15(12-16)20(26)18(30-22(28)14-6-2-1-3-7-14)13-19(25)29-21(27)17-10-5-11-24-17/h1-4,6-9,12,17-18,24H,5,10-11,13H2/t17-,18?/m0/s1. The molecule has 1 fully saturated rings. The van der Waals surface area contributed by atoms with E-state index in [2.05, 4.69) is 5.32 Å². The number of benzene rings is 2. The molecule has 30 heavy (non-hydrogen) atoms. The summed E-state index contributed by atoms with van der Waals surface area (Å²) in [5, 5.41) is 1.36. The Morgan fingerprint density at radius 3 is 2.47 bits per heavy atom. The Morgan fingerprint density at radius 2 is 1.80 bits per heavy atom. The molecular formula is C22H20FNO5S. The number of halogens is 1. The van der Waals surface area contributed by atoms with E-state index in [-0.39, 0.29) is 5.56 Å². The fraction of sp³-hybridized carbons (Fsp3) is 0.273. The summed E-state index contributed by atoms with van der Waals surface area (Å²) in [6.07, 6.45) is 0.881. The van der Waals surface area contributed by atoms with Gasteiger partial charge in [0.1, 0.15) is 11.9 Å². The van der Waals surface area contributed by atoms with Crippen LogP contribution < -0.4 is 5.32 Å². The average molecular weight is 429 g/mol. The first-order valence-corrected chi connectivity index (χ1v) is 10.4. The molecule has 2 aromatic rings. The molecule has 0 bridgehead atoms. The van der Waals surface area contributed by atoms with Crippen LogP contribution in [0.2, 0.25) is 0 Å². The van der Waals surface area contributed by atoms with Crippen molar-refractivity contribution in [1.82, 2.24) is 5.32 Å². The summed E-state index contributed by atoms with van der Waals surface area (Å²) in [6.45, 7) is 0.663. The Kier molecular flexibility index (Phi) is 7.48. The smallest absolute Gasteiger partial charge is 0.330 e. The van der Waals surface area contributed by atoms with E-state index in [1.807, 2.05) is 0 Å². The van der Waals surface area contributed by atoms with Crippen LogP contribution in [0.4, 0.5) is 4.39 Å². The van der Waals surface area contributed by atoms with Gasteiger partial charge in [-0.1, -0.05) is 54.2 Å². The van der Waals surface area contributed by atoms with Crippen LogP contribution in [0.1, 0.15) is 40.0 Å². The molecule has 0 aliphatic carbocycles. The van der Waals surface area contributed by atoms with Gasteiger partial charge in [0.05, 0.1) is 11.7 Å². The Morgan fingerprint density at radius 1 is 1.07 bits per heavy atom. The first-order valence-electron chi connectivity index (χ1n) is 9.48. The molecule has 1 aliphatic heterocycles. The number of rotatable bonds is 7. The molecule has 3 rings (SSSR count). The number of thioether (sulfide) groups is 1. The van der Waals surface area contributed by atoms with Gasteiger partial charge < -0.3 is 10.1 Å². The zero-order valence-corrected chi connectivity index (χ0v) is 16.8. The summed E-state index contributed by atoms with van der Waals surface area (Å²) in [5.41, 5.74) is 0.393. The Bertz CT molecular complexity index is 944. The molecule has 2 atom stereocenters. The maximum Gasteiger partial charge on any atom is 0.330 e. The monoisotopic (exact) mass is 429 g/mol. The lowest BCUT2D eigenvalue weighted by molar-refractivity contribution is -0.160. The van der Waals surface area contributed by atoms with Gasteiger partial charge in [-0.15, -0.1) is 0 Å². The first-order chi connectivity index (χ1) is 14.4. The van der Waals surface area contributed by atoms with E-state index >= 15 is 0 Å². The number of hydrogen-bond acceptors (Lipinski definition) is 7.